The molecular weight excluding hydrogens is 547 g/mol. The first-order valence-electron chi connectivity index (χ1n) is 9.34. The topological polar surface area (TPSA) is 90.5 Å². The van der Waals surface area contributed by atoms with Gasteiger partial charge in [-0.15, -0.1) is 0 Å². The molecule has 0 radical (unpaired) electrons. The van der Waals surface area contributed by atoms with Gasteiger partial charge in [0.1, 0.15) is 4.91 Å². The molecule has 0 unspecified atom stereocenters. The summed E-state index contributed by atoms with van der Waals surface area (Å²) >= 11 is 3.36. The first-order valence-corrected chi connectivity index (χ1v) is 12.7. The lowest BCUT2D eigenvalue weighted by molar-refractivity contribution is 0.0941. The number of halogens is 1. The van der Waals surface area contributed by atoms with Crippen LogP contribution in [0.4, 0.5) is 5.69 Å². The van der Waals surface area contributed by atoms with Crippen LogP contribution in [-0.4, -0.2) is 18.6 Å². The van der Waals surface area contributed by atoms with E-state index in [1.54, 1.807) is 41.0 Å². The number of benzene rings is 2. The molecule has 10 heteroatoms. The number of anilines is 1. The van der Waals surface area contributed by atoms with Crippen molar-refractivity contribution in [3.63, 3.8) is 0 Å². The van der Waals surface area contributed by atoms with Gasteiger partial charge < -0.3 is 10.0 Å². The van der Waals surface area contributed by atoms with Gasteiger partial charge >= 0.3 is 0 Å². The average Bonchev–Trinajstić information content (AvgIpc) is 3.23. The van der Waals surface area contributed by atoms with Crippen LogP contribution in [0.15, 0.2) is 83.7 Å². The summed E-state index contributed by atoms with van der Waals surface area (Å²) in [5.74, 6) is -0.359. The summed E-state index contributed by atoms with van der Waals surface area (Å²) in [7, 11) is -3.93. The van der Waals surface area contributed by atoms with Crippen molar-refractivity contribution in [1.29, 1.82) is 0 Å². The van der Waals surface area contributed by atoms with E-state index in [1.165, 1.54) is 18.2 Å². The van der Waals surface area contributed by atoms with Crippen LogP contribution in [0.3, 0.4) is 0 Å². The van der Waals surface area contributed by atoms with E-state index in [-0.39, 0.29) is 28.1 Å². The second-order valence-corrected chi connectivity index (χ2v) is 10.5. The smallest absolute Gasteiger partial charge is 0.264 e. The predicted octanol–water partition coefficient (Wildman–Crippen LogP) is 4.24. The highest BCUT2D eigenvalue weighted by Crippen LogP contribution is 2.34. The Morgan fingerprint density at radius 3 is 2.74 bits per heavy atom. The van der Waals surface area contributed by atoms with Gasteiger partial charge in [0.25, 0.3) is 15.9 Å². The third-order valence-electron chi connectivity index (χ3n) is 4.71. The minimum absolute atomic E-state index is 0.121. The fraction of sp³-hybridized carbons (Fsp3) is 0.0952. The standard InChI is InChI=1S/C21H19IN4O3S2/c1-14(15-6-3-2-4-7-15)24-21(27)17-10-9-16(22)12-18(17)25-31(28,29)20-8-5-11-26-19(20)13-23-30-26/h2-14,23,25H,1H3,(H,24,27)/t14-/m1/s1. The normalized spacial score (nSPS) is 16.0. The second-order valence-electron chi connectivity index (χ2n) is 6.84. The van der Waals surface area contributed by atoms with Crippen molar-refractivity contribution in [3.8, 4) is 0 Å². The predicted molar refractivity (Wildman–Crippen MR) is 132 cm³/mol. The Morgan fingerprint density at radius 2 is 1.97 bits per heavy atom. The van der Waals surface area contributed by atoms with Gasteiger partial charge in [0.15, 0.2) is 0 Å². The van der Waals surface area contributed by atoms with Gasteiger partial charge in [-0.25, -0.2) is 8.42 Å². The number of fused-ring (bicyclic) bond motifs is 1. The second kappa shape index (κ2) is 8.97. The third-order valence-corrected chi connectivity index (χ3v) is 7.54. The molecule has 7 nitrogen and oxygen atoms in total. The molecule has 0 aliphatic carbocycles. The molecule has 4 rings (SSSR count). The number of nitrogens with zero attached hydrogens (tertiary/aromatic N) is 1. The molecular formula is C21H19IN4O3S2. The first kappa shape index (κ1) is 21.8. The van der Waals surface area contributed by atoms with Crippen LogP contribution in [0.5, 0.6) is 0 Å². The average molecular weight is 566 g/mol. The molecule has 0 saturated heterocycles. The molecule has 0 saturated carbocycles. The van der Waals surface area contributed by atoms with E-state index in [4.69, 9.17) is 0 Å². The lowest BCUT2D eigenvalue weighted by Gasteiger charge is -2.21. The highest BCUT2D eigenvalue weighted by molar-refractivity contribution is 14.1. The van der Waals surface area contributed by atoms with Crippen molar-refractivity contribution in [1.82, 2.24) is 14.3 Å². The first-order chi connectivity index (χ1) is 14.8. The lowest BCUT2D eigenvalue weighted by Crippen LogP contribution is -2.28. The Hall–Kier alpha value is -2.44. The fourth-order valence-electron chi connectivity index (χ4n) is 3.16. The molecule has 2 aromatic carbocycles. The molecule has 2 aliphatic rings. The van der Waals surface area contributed by atoms with Crippen molar-refractivity contribution in [3.05, 3.63) is 98.4 Å². The van der Waals surface area contributed by atoms with Crippen molar-refractivity contribution >= 4 is 56.3 Å². The molecule has 0 aromatic heterocycles. The van der Waals surface area contributed by atoms with E-state index >= 15 is 0 Å². The van der Waals surface area contributed by atoms with Crippen LogP contribution in [0.2, 0.25) is 0 Å². The summed E-state index contributed by atoms with van der Waals surface area (Å²) in [6.45, 7) is 1.88. The zero-order valence-electron chi connectivity index (χ0n) is 16.4. The molecule has 1 atom stereocenters. The summed E-state index contributed by atoms with van der Waals surface area (Å²) in [5.41, 5.74) is 1.96. The van der Waals surface area contributed by atoms with Gasteiger partial charge in [-0.1, -0.05) is 30.3 Å². The quantitative estimate of drug-likeness (QED) is 0.358. The van der Waals surface area contributed by atoms with E-state index in [0.29, 0.717) is 5.70 Å². The summed E-state index contributed by atoms with van der Waals surface area (Å²) in [6.07, 6.45) is 6.59. The summed E-state index contributed by atoms with van der Waals surface area (Å²) in [4.78, 5) is 13.1. The molecule has 2 aliphatic heterocycles. The maximum absolute atomic E-state index is 13.2. The van der Waals surface area contributed by atoms with Crippen molar-refractivity contribution < 1.29 is 13.2 Å². The molecule has 2 aromatic rings. The van der Waals surface area contributed by atoms with Crippen LogP contribution in [-0.2, 0) is 10.0 Å². The number of amides is 1. The lowest BCUT2D eigenvalue weighted by atomic mass is 10.1. The Labute approximate surface area is 199 Å². The molecule has 2 heterocycles. The minimum atomic E-state index is -3.93. The Morgan fingerprint density at radius 1 is 1.19 bits per heavy atom. The van der Waals surface area contributed by atoms with Gasteiger partial charge in [-0.3, -0.25) is 13.8 Å². The van der Waals surface area contributed by atoms with E-state index in [2.05, 4.69) is 37.4 Å². The molecule has 31 heavy (non-hydrogen) atoms. The van der Waals surface area contributed by atoms with E-state index < -0.39 is 10.0 Å². The van der Waals surface area contributed by atoms with Crippen LogP contribution in [0.1, 0.15) is 28.9 Å². The zero-order valence-corrected chi connectivity index (χ0v) is 20.2. The number of hydrogen-bond donors (Lipinski definition) is 3. The van der Waals surface area contributed by atoms with Crippen molar-refractivity contribution in [2.75, 3.05) is 4.72 Å². The minimum Gasteiger partial charge on any atom is -0.345 e. The van der Waals surface area contributed by atoms with Crippen LogP contribution >= 0.6 is 34.7 Å². The molecule has 3 N–H and O–H groups in total. The number of carbonyl (C=O) groups excluding carboxylic acids is 1. The summed E-state index contributed by atoms with van der Waals surface area (Å²) in [6, 6.07) is 14.4. The summed E-state index contributed by atoms with van der Waals surface area (Å²) < 4.78 is 34.4. The highest BCUT2D eigenvalue weighted by atomic mass is 127. The molecule has 160 valence electrons. The van der Waals surface area contributed by atoms with Gasteiger partial charge in [0.05, 0.1) is 35.1 Å². The van der Waals surface area contributed by atoms with E-state index in [0.717, 1.165) is 9.13 Å². The van der Waals surface area contributed by atoms with Crippen LogP contribution in [0, 0.1) is 3.57 Å². The Bertz CT molecular complexity index is 1210. The van der Waals surface area contributed by atoms with Crippen LogP contribution in [0.25, 0.3) is 0 Å². The van der Waals surface area contributed by atoms with Gasteiger partial charge in [-0.2, -0.15) is 0 Å². The highest BCUT2D eigenvalue weighted by Gasteiger charge is 2.30. The largest absolute Gasteiger partial charge is 0.345 e. The number of rotatable bonds is 6. The van der Waals surface area contributed by atoms with Gasteiger partial charge in [-0.05, 0) is 65.4 Å². The summed E-state index contributed by atoms with van der Waals surface area (Å²) in [5, 5.41) is 2.94. The van der Waals surface area contributed by atoms with Gasteiger partial charge in [0.2, 0.25) is 0 Å². The number of sulfonamides is 1. The molecule has 0 spiro atoms. The number of nitrogens with one attached hydrogen (secondary N) is 3. The zero-order chi connectivity index (χ0) is 22.0. The van der Waals surface area contributed by atoms with Crippen molar-refractivity contribution in [2.45, 2.75) is 13.0 Å². The number of allylic oxidation sites excluding steroid dienone is 2. The molecule has 1 amide bonds. The molecule has 0 fully saturated rings. The Kier molecular flexibility index (Phi) is 6.30. The van der Waals surface area contributed by atoms with Crippen LogP contribution < -0.4 is 14.8 Å². The number of hydrogen-bond acceptors (Lipinski definition) is 6. The Balaban J connectivity index is 1.61. The third kappa shape index (κ3) is 4.75. The fourth-order valence-corrected chi connectivity index (χ4v) is 5.63. The monoisotopic (exact) mass is 566 g/mol. The maximum atomic E-state index is 13.2. The van der Waals surface area contributed by atoms with E-state index in [1.807, 2.05) is 37.3 Å². The van der Waals surface area contributed by atoms with Crippen molar-refractivity contribution in [2.24, 2.45) is 0 Å². The maximum Gasteiger partial charge on any atom is 0.264 e. The SMILES string of the molecule is C[C@@H](NC(=O)c1ccc(I)cc1NS(=O)(=O)C1=CC=CN2SNC=C12)c1ccccc1. The van der Waals surface area contributed by atoms with E-state index in [9.17, 15) is 13.2 Å². The number of carbonyl (C=O) groups is 1. The van der Waals surface area contributed by atoms with Gasteiger partial charge in [0, 0.05) is 16.0 Å². The molecule has 0 bridgehead atoms.